The number of carboxylic acid groups (broad SMARTS) is 1. The lowest BCUT2D eigenvalue weighted by Crippen LogP contribution is -2.38. The van der Waals surface area contributed by atoms with Gasteiger partial charge in [0.2, 0.25) is 0 Å². The molecule has 0 aliphatic heterocycles. The van der Waals surface area contributed by atoms with Crippen molar-refractivity contribution < 1.29 is 27.4 Å². The van der Waals surface area contributed by atoms with Gasteiger partial charge in [-0.2, -0.15) is 0 Å². The van der Waals surface area contributed by atoms with Gasteiger partial charge in [-0.15, -0.1) is 11.3 Å². The molecule has 0 radical (unpaired) electrons. The second kappa shape index (κ2) is 10.7. The molecule has 0 spiro atoms. The van der Waals surface area contributed by atoms with Gasteiger partial charge in [-0.25, -0.2) is 22.6 Å². The van der Waals surface area contributed by atoms with E-state index in [1.807, 2.05) is 24.3 Å². The SMILES string of the molecule is COc1cc(C(=O)O)c(F)cc1NS(=O)(=O)c1cnc(-c2ccc(-c3ccc(C4(C)CC5CC6C(C[C@@H]6C5)C4)cc3)cc2)s1. The summed E-state index contributed by atoms with van der Waals surface area (Å²) >= 11 is 0.977. The van der Waals surface area contributed by atoms with Crippen molar-refractivity contribution in [2.24, 2.45) is 23.7 Å². The van der Waals surface area contributed by atoms with Gasteiger partial charge in [-0.1, -0.05) is 55.5 Å². The average Bonchev–Trinajstić information content (AvgIpc) is 3.58. The fourth-order valence-corrected chi connectivity index (χ4v) is 10.2. The molecule has 10 heteroatoms. The first-order chi connectivity index (χ1) is 21.0. The topological polar surface area (TPSA) is 106 Å². The summed E-state index contributed by atoms with van der Waals surface area (Å²) in [6, 6.07) is 18.6. The highest BCUT2D eigenvalue weighted by Gasteiger charge is 2.53. The smallest absolute Gasteiger partial charge is 0.338 e. The first kappa shape index (κ1) is 29.0. The van der Waals surface area contributed by atoms with Crippen LogP contribution in [0.5, 0.6) is 5.75 Å². The summed E-state index contributed by atoms with van der Waals surface area (Å²) < 4.78 is 47.8. The third-order valence-electron chi connectivity index (χ3n) is 10.1. The van der Waals surface area contributed by atoms with Crippen LogP contribution in [0, 0.1) is 29.5 Å². The van der Waals surface area contributed by atoms with Gasteiger partial charge in [0.1, 0.15) is 16.6 Å². The maximum Gasteiger partial charge on any atom is 0.338 e. The molecule has 0 saturated heterocycles. The minimum Gasteiger partial charge on any atom is -0.495 e. The standard InChI is InChI=1S/C34H33FN2O5S2/c1-34(16-19-11-23-13-24(17-34)26(23)12-19)25-9-7-21(8-10-25)20-3-5-22(6-4-20)32-36-18-31(43-32)44(40,41)37-29-15-28(35)27(33(38)39)14-30(29)42-2/h3-10,14-15,18-19,23-24,26,37H,11-13,16-17H2,1-2H3,(H,38,39)/t19?,23-,24?,26?,34?/m0/s1. The highest BCUT2D eigenvalue weighted by molar-refractivity contribution is 7.94. The van der Waals surface area contributed by atoms with E-state index in [0.29, 0.717) is 5.01 Å². The molecular formula is C34H33FN2O5S2. The minimum atomic E-state index is -4.15. The summed E-state index contributed by atoms with van der Waals surface area (Å²) in [5.41, 5.74) is 3.82. The van der Waals surface area contributed by atoms with Crippen LogP contribution in [0.3, 0.4) is 0 Å². The quantitative estimate of drug-likeness (QED) is 0.205. The molecule has 44 heavy (non-hydrogen) atoms. The number of carboxylic acids is 1. The van der Waals surface area contributed by atoms with E-state index in [0.717, 1.165) is 63.8 Å². The van der Waals surface area contributed by atoms with E-state index in [9.17, 15) is 17.6 Å². The third kappa shape index (κ3) is 5.07. The molecule has 3 fully saturated rings. The van der Waals surface area contributed by atoms with Crippen molar-refractivity contribution in [2.45, 2.75) is 48.7 Å². The fourth-order valence-electron chi connectivity index (χ4n) is 7.98. The van der Waals surface area contributed by atoms with Crippen molar-refractivity contribution in [3.05, 3.63) is 83.8 Å². The Morgan fingerprint density at radius 3 is 2.36 bits per heavy atom. The number of halogens is 1. The predicted molar refractivity (Wildman–Crippen MR) is 168 cm³/mol. The van der Waals surface area contributed by atoms with Crippen LogP contribution >= 0.6 is 11.3 Å². The zero-order chi connectivity index (χ0) is 30.8. The highest BCUT2D eigenvalue weighted by atomic mass is 32.2. The number of thiazole rings is 1. The van der Waals surface area contributed by atoms with Crippen molar-refractivity contribution in [3.63, 3.8) is 0 Å². The number of fused-ring (bicyclic) bond motifs is 1. The van der Waals surface area contributed by atoms with Crippen molar-refractivity contribution in [1.29, 1.82) is 0 Å². The minimum absolute atomic E-state index is 0.0745. The summed E-state index contributed by atoms with van der Waals surface area (Å²) in [5, 5.41) is 9.66. The maximum atomic E-state index is 14.3. The van der Waals surface area contributed by atoms with E-state index in [4.69, 9.17) is 9.84 Å². The van der Waals surface area contributed by atoms with Crippen LogP contribution in [-0.2, 0) is 15.4 Å². The van der Waals surface area contributed by atoms with Gasteiger partial charge in [0.15, 0.2) is 4.21 Å². The zero-order valence-electron chi connectivity index (χ0n) is 24.4. The Bertz CT molecular complexity index is 1850. The summed E-state index contributed by atoms with van der Waals surface area (Å²) in [6.45, 7) is 2.46. The lowest BCUT2D eigenvalue weighted by Gasteiger charge is -2.46. The number of sulfonamides is 1. The summed E-state index contributed by atoms with van der Waals surface area (Å²) in [4.78, 5) is 15.5. The van der Waals surface area contributed by atoms with Crippen LogP contribution in [0.25, 0.3) is 21.7 Å². The van der Waals surface area contributed by atoms with Gasteiger partial charge in [-0.05, 0) is 83.9 Å². The molecule has 3 aliphatic carbocycles. The molecule has 2 bridgehead atoms. The number of methoxy groups -OCH3 is 1. The maximum absolute atomic E-state index is 14.3. The van der Waals surface area contributed by atoms with Gasteiger partial charge in [0.05, 0.1) is 24.6 Å². The molecule has 7 nitrogen and oxygen atoms in total. The second-order valence-corrected chi connectivity index (χ2v) is 15.7. The Labute approximate surface area is 260 Å². The van der Waals surface area contributed by atoms with Crippen LogP contribution in [0.4, 0.5) is 10.1 Å². The van der Waals surface area contributed by atoms with Gasteiger partial charge < -0.3 is 9.84 Å². The molecule has 228 valence electrons. The summed E-state index contributed by atoms with van der Waals surface area (Å²) in [7, 11) is -2.91. The number of rotatable bonds is 8. The molecule has 7 rings (SSSR count). The fraction of sp³-hybridized carbons (Fsp3) is 0.353. The average molecular weight is 633 g/mol. The molecule has 3 aliphatic rings. The van der Waals surface area contributed by atoms with Crippen LogP contribution < -0.4 is 9.46 Å². The second-order valence-electron chi connectivity index (χ2n) is 12.8. The number of nitrogens with one attached hydrogen (secondary N) is 1. The molecule has 2 N–H and O–H groups in total. The van der Waals surface area contributed by atoms with Crippen LogP contribution in [0.15, 0.2) is 71.1 Å². The number of hydrogen-bond donors (Lipinski definition) is 2. The molecule has 3 aromatic carbocycles. The van der Waals surface area contributed by atoms with E-state index in [1.54, 1.807) is 0 Å². The Hall–Kier alpha value is -3.76. The van der Waals surface area contributed by atoms with E-state index in [2.05, 4.69) is 40.9 Å². The van der Waals surface area contributed by atoms with Gasteiger partial charge in [0.25, 0.3) is 10.0 Å². The Morgan fingerprint density at radius 1 is 1.00 bits per heavy atom. The van der Waals surface area contributed by atoms with Crippen molar-refractivity contribution in [2.75, 3.05) is 11.8 Å². The largest absolute Gasteiger partial charge is 0.495 e. The number of hydrogen-bond acceptors (Lipinski definition) is 6. The number of aromatic nitrogens is 1. The number of nitrogens with zero attached hydrogens (tertiary/aromatic N) is 1. The molecule has 1 aromatic heterocycles. The van der Waals surface area contributed by atoms with Gasteiger partial charge >= 0.3 is 5.97 Å². The molecule has 5 atom stereocenters. The first-order valence-electron chi connectivity index (χ1n) is 14.8. The van der Waals surface area contributed by atoms with E-state index in [1.165, 1.54) is 51.0 Å². The highest BCUT2D eigenvalue weighted by Crippen LogP contribution is 2.62. The van der Waals surface area contributed by atoms with Crippen LogP contribution in [-0.4, -0.2) is 31.6 Å². The molecule has 0 amide bonds. The number of benzene rings is 3. The van der Waals surface area contributed by atoms with Gasteiger partial charge in [-0.3, -0.25) is 4.72 Å². The summed E-state index contributed by atoms with van der Waals surface area (Å²) in [5.74, 6) is 1.08. The summed E-state index contributed by atoms with van der Waals surface area (Å²) in [6.07, 6.45) is 8.15. The van der Waals surface area contributed by atoms with E-state index < -0.39 is 27.4 Å². The first-order valence-corrected chi connectivity index (χ1v) is 17.1. The molecular weight excluding hydrogens is 600 g/mol. The predicted octanol–water partition coefficient (Wildman–Crippen LogP) is 7.84. The van der Waals surface area contributed by atoms with Crippen molar-refractivity contribution >= 4 is 33.0 Å². The van der Waals surface area contributed by atoms with Crippen LogP contribution in [0.1, 0.15) is 54.9 Å². The lowest BCUT2D eigenvalue weighted by molar-refractivity contribution is 0.0691. The number of aromatic carboxylic acids is 1. The monoisotopic (exact) mass is 632 g/mol. The lowest BCUT2D eigenvalue weighted by atomic mass is 9.59. The Morgan fingerprint density at radius 2 is 1.68 bits per heavy atom. The number of carbonyl (C=O) groups is 1. The number of ether oxygens (including phenoxy) is 1. The Balaban J connectivity index is 1.06. The van der Waals surface area contributed by atoms with Crippen molar-refractivity contribution in [3.8, 4) is 27.4 Å². The normalized spacial score (nSPS) is 25.6. The third-order valence-corrected chi connectivity index (χ3v) is 12.9. The van der Waals surface area contributed by atoms with Crippen molar-refractivity contribution in [1.82, 2.24) is 4.98 Å². The molecule has 4 aromatic rings. The zero-order valence-corrected chi connectivity index (χ0v) is 26.1. The van der Waals surface area contributed by atoms with E-state index >= 15 is 0 Å². The number of anilines is 1. The molecule has 3 saturated carbocycles. The molecule has 4 unspecified atom stereocenters. The Kier molecular flexibility index (Phi) is 7.05. The van der Waals surface area contributed by atoms with Gasteiger partial charge in [0, 0.05) is 11.6 Å². The van der Waals surface area contributed by atoms with Crippen LogP contribution in [0.2, 0.25) is 0 Å². The van der Waals surface area contributed by atoms with E-state index in [-0.39, 0.29) is 21.1 Å². The molecule has 1 heterocycles.